The number of carbonyl (C=O) groups excluding carboxylic acids is 1. The van der Waals surface area contributed by atoms with Gasteiger partial charge in [0.1, 0.15) is 10.5 Å². The van der Waals surface area contributed by atoms with Crippen molar-refractivity contribution in [2.75, 3.05) is 0 Å². The Bertz CT molecular complexity index is 456. The molecule has 0 aromatic carbocycles. The van der Waals surface area contributed by atoms with Gasteiger partial charge in [0.25, 0.3) is 0 Å². The predicted molar refractivity (Wildman–Crippen MR) is 61.5 cm³/mol. The Morgan fingerprint density at radius 1 is 1.56 bits per heavy atom. The zero-order valence-electron chi connectivity index (χ0n) is 9.18. The molecule has 1 aromatic heterocycles. The molecule has 0 aliphatic heterocycles. The molecule has 1 fully saturated rings. The summed E-state index contributed by atoms with van der Waals surface area (Å²) >= 11 is 6.77. The highest BCUT2D eigenvalue weighted by Crippen LogP contribution is 2.48. The lowest BCUT2D eigenvalue weighted by atomic mass is 10.2. The second-order valence-corrected chi connectivity index (χ2v) is 5.38. The van der Waals surface area contributed by atoms with Crippen molar-refractivity contribution in [3.63, 3.8) is 0 Å². The molecule has 0 atom stereocenters. The van der Waals surface area contributed by atoms with Gasteiger partial charge >= 0.3 is 6.18 Å². The molecule has 1 saturated carbocycles. The average molecular weight is 299 g/mol. The third-order valence-electron chi connectivity index (χ3n) is 2.72. The number of amides is 1. The largest absolute Gasteiger partial charge is 0.411 e. The summed E-state index contributed by atoms with van der Waals surface area (Å²) in [5.41, 5.74) is -1.38. The molecule has 2 rings (SSSR count). The Kier molecular flexibility index (Phi) is 3.55. The van der Waals surface area contributed by atoms with E-state index in [0.29, 0.717) is 10.7 Å². The number of carbonyl (C=O) groups is 1. The zero-order valence-corrected chi connectivity index (χ0v) is 10.8. The molecule has 1 N–H and O–H groups in total. The van der Waals surface area contributed by atoms with Gasteiger partial charge in [0.15, 0.2) is 0 Å². The smallest absolute Gasteiger partial charge is 0.342 e. The number of aromatic nitrogens is 1. The summed E-state index contributed by atoms with van der Waals surface area (Å²) in [5.74, 6) is -0.426. The van der Waals surface area contributed by atoms with Crippen LogP contribution in [0.15, 0.2) is 5.38 Å². The summed E-state index contributed by atoms with van der Waals surface area (Å²) < 4.78 is 37.8. The maximum atomic E-state index is 12.6. The first-order valence-corrected chi connectivity index (χ1v) is 6.65. The lowest BCUT2D eigenvalue weighted by Crippen LogP contribution is -2.48. The highest BCUT2D eigenvalue weighted by molar-refractivity contribution is 7.09. The molecule has 18 heavy (non-hydrogen) atoms. The highest BCUT2D eigenvalue weighted by atomic mass is 35.5. The molecule has 1 heterocycles. The van der Waals surface area contributed by atoms with E-state index < -0.39 is 17.6 Å². The van der Waals surface area contributed by atoms with E-state index in [1.54, 1.807) is 5.38 Å². The van der Waals surface area contributed by atoms with Gasteiger partial charge in [-0.25, -0.2) is 4.98 Å². The van der Waals surface area contributed by atoms with E-state index in [2.05, 4.69) is 10.3 Å². The van der Waals surface area contributed by atoms with Crippen LogP contribution in [0.25, 0.3) is 0 Å². The van der Waals surface area contributed by atoms with E-state index in [1.807, 2.05) is 0 Å². The molecule has 0 spiro atoms. The summed E-state index contributed by atoms with van der Waals surface area (Å²) in [5, 5.41) is 4.21. The maximum absolute atomic E-state index is 12.6. The number of halogens is 4. The molecule has 1 aliphatic carbocycles. The number of alkyl halides is 4. The van der Waals surface area contributed by atoms with Crippen molar-refractivity contribution in [1.82, 2.24) is 10.3 Å². The van der Waals surface area contributed by atoms with Crippen LogP contribution in [-0.2, 0) is 17.1 Å². The van der Waals surface area contributed by atoms with Gasteiger partial charge in [-0.1, -0.05) is 0 Å². The second-order valence-electron chi connectivity index (χ2n) is 4.17. The molecule has 0 radical (unpaired) electrons. The van der Waals surface area contributed by atoms with Gasteiger partial charge in [-0.15, -0.1) is 22.9 Å². The zero-order chi connectivity index (χ0) is 13.4. The Morgan fingerprint density at radius 3 is 2.67 bits per heavy atom. The van der Waals surface area contributed by atoms with Gasteiger partial charge in [-0.2, -0.15) is 13.2 Å². The molecular weight excluding hydrogens is 289 g/mol. The summed E-state index contributed by atoms with van der Waals surface area (Å²) in [6.45, 7) is 0. The summed E-state index contributed by atoms with van der Waals surface area (Å²) in [4.78, 5) is 15.6. The topological polar surface area (TPSA) is 42.0 Å². The molecule has 8 heteroatoms. The molecular formula is C10H10ClF3N2OS. The summed E-state index contributed by atoms with van der Waals surface area (Å²) in [6, 6.07) is 0. The van der Waals surface area contributed by atoms with Crippen LogP contribution in [0.4, 0.5) is 13.2 Å². The molecule has 1 aromatic rings. The second kappa shape index (κ2) is 4.70. The van der Waals surface area contributed by atoms with Crippen LogP contribution in [0.5, 0.6) is 0 Å². The number of hydrogen-bond donors (Lipinski definition) is 1. The van der Waals surface area contributed by atoms with Crippen LogP contribution in [0, 0.1) is 0 Å². The average Bonchev–Trinajstić information content (AvgIpc) is 2.90. The van der Waals surface area contributed by atoms with Gasteiger partial charge < -0.3 is 5.32 Å². The van der Waals surface area contributed by atoms with E-state index in [4.69, 9.17) is 11.6 Å². The lowest BCUT2D eigenvalue weighted by molar-refractivity contribution is -0.170. The van der Waals surface area contributed by atoms with E-state index in [-0.39, 0.29) is 25.1 Å². The summed E-state index contributed by atoms with van der Waals surface area (Å²) in [7, 11) is 0. The SMILES string of the molecule is O=C(Cc1nc(CCl)cs1)NC1(C(F)(F)F)CC1. The fourth-order valence-electron chi connectivity index (χ4n) is 1.54. The molecule has 1 aliphatic rings. The lowest BCUT2D eigenvalue weighted by Gasteiger charge is -2.20. The van der Waals surface area contributed by atoms with Crippen molar-refractivity contribution in [1.29, 1.82) is 0 Å². The Morgan fingerprint density at radius 2 is 2.22 bits per heavy atom. The van der Waals surface area contributed by atoms with Crippen molar-refractivity contribution in [3.05, 3.63) is 16.1 Å². The number of hydrogen-bond acceptors (Lipinski definition) is 3. The van der Waals surface area contributed by atoms with Crippen molar-refractivity contribution in [2.24, 2.45) is 0 Å². The van der Waals surface area contributed by atoms with Crippen LogP contribution >= 0.6 is 22.9 Å². The predicted octanol–water partition coefficient (Wildman–Crippen LogP) is 2.64. The number of nitrogens with zero attached hydrogens (tertiary/aromatic N) is 1. The van der Waals surface area contributed by atoms with Gasteiger partial charge in [0, 0.05) is 5.38 Å². The van der Waals surface area contributed by atoms with Crippen LogP contribution in [0.1, 0.15) is 23.5 Å². The molecule has 0 unspecified atom stereocenters. The number of nitrogens with one attached hydrogen (secondary N) is 1. The van der Waals surface area contributed by atoms with E-state index in [1.165, 1.54) is 11.3 Å². The minimum atomic E-state index is -4.38. The normalized spacial score (nSPS) is 17.6. The molecule has 0 saturated heterocycles. The molecule has 100 valence electrons. The third-order valence-corrected chi connectivity index (χ3v) is 3.89. The fourth-order valence-corrected chi connectivity index (χ4v) is 2.57. The maximum Gasteiger partial charge on any atom is 0.411 e. The molecule has 0 bridgehead atoms. The number of rotatable bonds is 4. The van der Waals surface area contributed by atoms with Crippen LogP contribution in [0.2, 0.25) is 0 Å². The van der Waals surface area contributed by atoms with Gasteiger partial charge in [-0.3, -0.25) is 4.79 Å². The first-order chi connectivity index (χ1) is 8.36. The minimum absolute atomic E-state index is 0.0486. The molecule has 3 nitrogen and oxygen atoms in total. The highest BCUT2D eigenvalue weighted by Gasteiger charge is 2.64. The first-order valence-electron chi connectivity index (χ1n) is 5.23. The van der Waals surface area contributed by atoms with Crippen molar-refractivity contribution in [2.45, 2.75) is 36.9 Å². The fraction of sp³-hybridized carbons (Fsp3) is 0.600. The van der Waals surface area contributed by atoms with Gasteiger partial charge in [0.2, 0.25) is 5.91 Å². The third kappa shape index (κ3) is 2.77. The number of thiazole rings is 1. The van der Waals surface area contributed by atoms with Crippen LogP contribution in [-0.4, -0.2) is 22.6 Å². The van der Waals surface area contributed by atoms with Crippen LogP contribution < -0.4 is 5.32 Å². The Hall–Kier alpha value is -0.820. The van der Waals surface area contributed by atoms with Crippen molar-refractivity contribution < 1.29 is 18.0 Å². The van der Waals surface area contributed by atoms with E-state index >= 15 is 0 Å². The van der Waals surface area contributed by atoms with E-state index in [9.17, 15) is 18.0 Å². The minimum Gasteiger partial charge on any atom is -0.342 e. The monoisotopic (exact) mass is 298 g/mol. The molecule has 1 amide bonds. The van der Waals surface area contributed by atoms with E-state index in [0.717, 1.165) is 0 Å². The van der Waals surface area contributed by atoms with Crippen molar-refractivity contribution >= 4 is 28.8 Å². The summed E-state index contributed by atoms with van der Waals surface area (Å²) in [6.07, 6.45) is -4.62. The standard InChI is InChI=1S/C10H10ClF3N2OS/c11-4-6-5-18-8(15-6)3-7(17)16-9(1-2-9)10(12,13)14/h5H,1-4H2,(H,16,17). The van der Waals surface area contributed by atoms with Gasteiger partial charge in [0.05, 0.1) is 18.0 Å². The van der Waals surface area contributed by atoms with Crippen LogP contribution in [0.3, 0.4) is 0 Å². The quantitative estimate of drug-likeness (QED) is 0.868. The van der Waals surface area contributed by atoms with Crippen molar-refractivity contribution in [3.8, 4) is 0 Å². The first kappa shape index (κ1) is 13.6. The Labute approximate surface area is 110 Å². The Balaban J connectivity index is 1.93. The van der Waals surface area contributed by atoms with Gasteiger partial charge in [-0.05, 0) is 12.8 Å².